The van der Waals surface area contributed by atoms with E-state index in [2.05, 4.69) is 5.32 Å². The highest BCUT2D eigenvalue weighted by Crippen LogP contribution is 2.34. The van der Waals surface area contributed by atoms with Crippen molar-refractivity contribution >= 4 is 29.3 Å². The molecule has 0 aliphatic carbocycles. The molecule has 1 aromatic carbocycles. The third-order valence-electron chi connectivity index (χ3n) is 2.39. The second-order valence-corrected chi connectivity index (χ2v) is 4.86. The fraction of sp³-hybridized carbons (Fsp3) is 0.333. The molecule has 0 saturated carbocycles. The molecular formula is C12H13NO4S. The maximum atomic E-state index is 11.2. The normalized spacial score (nSPS) is 13.7. The van der Waals surface area contributed by atoms with Crippen molar-refractivity contribution in [3.8, 4) is 5.75 Å². The predicted molar refractivity (Wildman–Crippen MR) is 68.2 cm³/mol. The Morgan fingerprint density at radius 1 is 1.50 bits per heavy atom. The van der Waals surface area contributed by atoms with Crippen molar-refractivity contribution in [2.45, 2.75) is 17.7 Å². The first kappa shape index (κ1) is 12.8. The number of thioether (sulfide) groups is 1. The van der Waals surface area contributed by atoms with E-state index in [0.717, 1.165) is 10.6 Å². The van der Waals surface area contributed by atoms with Gasteiger partial charge < -0.3 is 15.2 Å². The molecule has 1 aliphatic heterocycles. The van der Waals surface area contributed by atoms with Gasteiger partial charge in [-0.15, -0.1) is 11.8 Å². The van der Waals surface area contributed by atoms with E-state index < -0.39 is 5.97 Å². The first-order valence-electron chi connectivity index (χ1n) is 5.56. The summed E-state index contributed by atoms with van der Waals surface area (Å²) in [7, 11) is 0. The molecule has 0 spiro atoms. The summed E-state index contributed by atoms with van der Waals surface area (Å²) in [5, 5.41) is 11.3. The Hall–Kier alpha value is -1.69. The standard InChI is InChI=1S/C12H13NO4S/c14-11-7-18-10-6-8(3-4-9(10)13-11)17-5-1-2-12(15)16/h3-4,6H,1-2,5,7H2,(H,13,14)(H,15,16). The summed E-state index contributed by atoms with van der Waals surface area (Å²) >= 11 is 1.47. The number of fused-ring (bicyclic) bond motifs is 1. The zero-order valence-corrected chi connectivity index (χ0v) is 10.5. The maximum absolute atomic E-state index is 11.2. The van der Waals surface area contributed by atoms with Crippen molar-refractivity contribution in [3.63, 3.8) is 0 Å². The Morgan fingerprint density at radius 2 is 2.33 bits per heavy atom. The summed E-state index contributed by atoms with van der Waals surface area (Å²) in [5.41, 5.74) is 0.800. The topological polar surface area (TPSA) is 75.6 Å². The lowest BCUT2D eigenvalue weighted by Crippen LogP contribution is -2.18. The molecule has 0 fully saturated rings. The van der Waals surface area contributed by atoms with Crippen LogP contribution in [0.5, 0.6) is 5.75 Å². The summed E-state index contributed by atoms with van der Waals surface area (Å²) in [6, 6.07) is 5.43. The van der Waals surface area contributed by atoms with Gasteiger partial charge in [0, 0.05) is 11.3 Å². The Kier molecular flexibility index (Phi) is 4.09. The average Bonchev–Trinajstić information content (AvgIpc) is 2.34. The first-order valence-corrected chi connectivity index (χ1v) is 6.55. The van der Waals surface area contributed by atoms with Crippen LogP contribution in [0.2, 0.25) is 0 Å². The molecular weight excluding hydrogens is 254 g/mol. The van der Waals surface area contributed by atoms with Crippen LogP contribution in [0.3, 0.4) is 0 Å². The Balaban J connectivity index is 1.91. The third-order valence-corrected chi connectivity index (χ3v) is 3.44. The van der Waals surface area contributed by atoms with Gasteiger partial charge in [-0.1, -0.05) is 0 Å². The van der Waals surface area contributed by atoms with Gasteiger partial charge in [-0.05, 0) is 24.6 Å². The quantitative estimate of drug-likeness (QED) is 0.798. The zero-order chi connectivity index (χ0) is 13.0. The van der Waals surface area contributed by atoms with Crippen LogP contribution in [-0.4, -0.2) is 29.3 Å². The minimum absolute atomic E-state index is 0.00243. The van der Waals surface area contributed by atoms with E-state index in [0.29, 0.717) is 24.5 Å². The molecule has 6 heteroatoms. The number of benzene rings is 1. The smallest absolute Gasteiger partial charge is 0.303 e. The summed E-state index contributed by atoms with van der Waals surface area (Å²) in [6.45, 7) is 0.377. The summed E-state index contributed by atoms with van der Waals surface area (Å²) in [5.74, 6) is 0.294. The number of hydrogen-bond donors (Lipinski definition) is 2. The molecule has 0 unspecified atom stereocenters. The lowest BCUT2D eigenvalue weighted by Gasteiger charge is -2.17. The molecule has 1 aromatic rings. The molecule has 1 aliphatic rings. The molecule has 0 bridgehead atoms. The fourth-order valence-corrected chi connectivity index (χ4v) is 2.39. The lowest BCUT2D eigenvalue weighted by molar-refractivity contribution is -0.137. The summed E-state index contributed by atoms with van der Waals surface area (Å²) in [6.07, 6.45) is 0.589. The van der Waals surface area contributed by atoms with Crippen LogP contribution in [0.25, 0.3) is 0 Å². The zero-order valence-electron chi connectivity index (χ0n) is 9.64. The number of ether oxygens (including phenoxy) is 1. The monoisotopic (exact) mass is 267 g/mol. The van der Waals surface area contributed by atoms with Gasteiger partial charge in [0.1, 0.15) is 5.75 Å². The lowest BCUT2D eigenvalue weighted by atomic mass is 10.3. The third kappa shape index (κ3) is 3.40. The van der Waals surface area contributed by atoms with Gasteiger partial charge in [0.15, 0.2) is 0 Å². The molecule has 1 heterocycles. The molecule has 5 nitrogen and oxygen atoms in total. The molecule has 0 aromatic heterocycles. The van der Waals surface area contributed by atoms with Gasteiger partial charge in [-0.3, -0.25) is 9.59 Å². The minimum Gasteiger partial charge on any atom is -0.494 e. The molecule has 0 radical (unpaired) electrons. The van der Waals surface area contributed by atoms with E-state index in [9.17, 15) is 9.59 Å². The van der Waals surface area contributed by atoms with Crippen molar-refractivity contribution in [2.75, 3.05) is 17.7 Å². The first-order chi connectivity index (χ1) is 8.65. The Morgan fingerprint density at radius 3 is 3.11 bits per heavy atom. The number of carboxylic acids is 1. The van der Waals surface area contributed by atoms with E-state index in [-0.39, 0.29) is 12.3 Å². The van der Waals surface area contributed by atoms with Gasteiger partial charge in [-0.25, -0.2) is 0 Å². The molecule has 96 valence electrons. The highest BCUT2D eigenvalue weighted by atomic mass is 32.2. The van der Waals surface area contributed by atoms with E-state index in [1.165, 1.54) is 11.8 Å². The van der Waals surface area contributed by atoms with E-state index in [1.54, 1.807) is 12.1 Å². The number of hydrogen-bond acceptors (Lipinski definition) is 4. The van der Waals surface area contributed by atoms with Crippen LogP contribution in [0, 0.1) is 0 Å². The Labute approximate surface area is 109 Å². The maximum Gasteiger partial charge on any atom is 0.303 e. The molecule has 18 heavy (non-hydrogen) atoms. The largest absolute Gasteiger partial charge is 0.494 e. The predicted octanol–water partition coefficient (Wildman–Crippen LogP) is 1.97. The van der Waals surface area contributed by atoms with Crippen LogP contribution >= 0.6 is 11.8 Å². The van der Waals surface area contributed by atoms with Crippen LogP contribution in [0.1, 0.15) is 12.8 Å². The second-order valence-electron chi connectivity index (χ2n) is 3.84. The van der Waals surface area contributed by atoms with Gasteiger partial charge in [0.2, 0.25) is 5.91 Å². The van der Waals surface area contributed by atoms with Gasteiger partial charge in [-0.2, -0.15) is 0 Å². The SMILES string of the molecule is O=C(O)CCCOc1ccc2c(c1)SCC(=O)N2. The van der Waals surface area contributed by atoms with Crippen LogP contribution in [-0.2, 0) is 9.59 Å². The molecule has 0 saturated heterocycles. The summed E-state index contributed by atoms with van der Waals surface area (Å²) < 4.78 is 5.46. The average molecular weight is 267 g/mol. The number of carbonyl (C=O) groups excluding carboxylic acids is 1. The van der Waals surface area contributed by atoms with Crippen LogP contribution in [0.4, 0.5) is 5.69 Å². The van der Waals surface area contributed by atoms with Crippen LogP contribution < -0.4 is 10.1 Å². The van der Waals surface area contributed by atoms with Crippen molar-refractivity contribution in [1.29, 1.82) is 0 Å². The van der Waals surface area contributed by atoms with Crippen LogP contribution in [0.15, 0.2) is 23.1 Å². The van der Waals surface area contributed by atoms with Crippen molar-refractivity contribution in [3.05, 3.63) is 18.2 Å². The van der Waals surface area contributed by atoms with Crippen molar-refractivity contribution in [1.82, 2.24) is 0 Å². The molecule has 2 N–H and O–H groups in total. The van der Waals surface area contributed by atoms with Gasteiger partial charge in [0.05, 0.1) is 18.0 Å². The number of carbonyl (C=O) groups is 2. The highest BCUT2D eigenvalue weighted by Gasteiger charge is 2.15. The second kappa shape index (κ2) is 5.77. The highest BCUT2D eigenvalue weighted by molar-refractivity contribution is 8.00. The van der Waals surface area contributed by atoms with Gasteiger partial charge >= 0.3 is 5.97 Å². The van der Waals surface area contributed by atoms with Crippen molar-refractivity contribution in [2.24, 2.45) is 0 Å². The number of carboxylic acid groups (broad SMARTS) is 1. The van der Waals surface area contributed by atoms with E-state index >= 15 is 0 Å². The number of nitrogens with one attached hydrogen (secondary N) is 1. The Bertz CT molecular complexity index is 475. The van der Waals surface area contributed by atoms with E-state index in [1.807, 2.05) is 6.07 Å². The molecule has 0 atom stereocenters. The van der Waals surface area contributed by atoms with Gasteiger partial charge in [0.25, 0.3) is 0 Å². The number of anilines is 1. The fourth-order valence-electron chi connectivity index (χ4n) is 1.56. The number of amides is 1. The van der Waals surface area contributed by atoms with E-state index in [4.69, 9.17) is 9.84 Å². The number of aliphatic carboxylic acids is 1. The molecule has 2 rings (SSSR count). The number of rotatable bonds is 5. The molecule has 1 amide bonds. The summed E-state index contributed by atoms with van der Waals surface area (Å²) in [4.78, 5) is 22.5. The minimum atomic E-state index is -0.817. The van der Waals surface area contributed by atoms with Crippen molar-refractivity contribution < 1.29 is 19.4 Å².